The highest BCUT2D eigenvalue weighted by Crippen LogP contribution is 2.26. The fourth-order valence-electron chi connectivity index (χ4n) is 2.71. The lowest BCUT2D eigenvalue weighted by molar-refractivity contribution is 0.404. The molecule has 0 atom stereocenters. The lowest BCUT2D eigenvalue weighted by Gasteiger charge is -2.22. The summed E-state index contributed by atoms with van der Waals surface area (Å²) in [4.78, 5) is 2.21. The van der Waals surface area contributed by atoms with Gasteiger partial charge in [0, 0.05) is 25.0 Å². The van der Waals surface area contributed by atoms with E-state index in [9.17, 15) is 4.39 Å². The van der Waals surface area contributed by atoms with Gasteiger partial charge in [-0.3, -0.25) is 0 Å². The number of benzene rings is 2. The summed E-state index contributed by atoms with van der Waals surface area (Å²) in [7, 11) is 0. The van der Waals surface area contributed by atoms with Crippen LogP contribution in [0.1, 0.15) is 5.56 Å². The van der Waals surface area contributed by atoms with Crippen LogP contribution >= 0.6 is 0 Å². The standard InChI is InChI=1S/C19H16FN3O/c20-17-8-4-7-16-18(17)24-22-19(16)21-15-9-11-23(12-10-15)13-14-5-2-1-3-6-14/h1-11H,12-13H2,(H,21,22). The number of hydrogen-bond acceptors (Lipinski definition) is 4. The maximum Gasteiger partial charge on any atom is 0.204 e. The molecule has 0 spiro atoms. The van der Waals surface area contributed by atoms with Crippen molar-refractivity contribution in [1.82, 2.24) is 10.1 Å². The van der Waals surface area contributed by atoms with Gasteiger partial charge in [0.25, 0.3) is 0 Å². The number of nitrogens with one attached hydrogen (secondary N) is 1. The Morgan fingerprint density at radius 2 is 2.00 bits per heavy atom. The van der Waals surface area contributed by atoms with Crippen molar-refractivity contribution in [2.75, 3.05) is 11.9 Å². The van der Waals surface area contributed by atoms with Gasteiger partial charge < -0.3 is 14.7 Å². The van der Waals surface area contributed by atoms with E-state index in [0.717, 1.165) is 18.8 Å². The van der Waals surface area contributed by atoms with Crippen LogP contribution in [0, 0.1) is 5.82 Å². The van der Waals surface area contributed by atoms with Crippen LogP contribution in [0.4, 0.5) is 10.2 Å². The van der Waals surface area contributed by atoms with Crippen molar-refractivity contribution in [3.63, 3.8) is 0 Å². The zero-order valence-electron chi connectivity index (χ0n) is 12.9. The highest BCUT2D eigenvalue weighted by molar-refractivity contribution is 5.89. The third-order valence-corrected chi connectivity index (χ3v) is 3.95. The number of allylic oxidation sites excluding steroid dienone is 1. The summed E-state index contributed by atoms with van der Waals surface area (Å²) in [5, 5.41) is 7.75. The fraction of sp³-hybridized carbons (Fsp3) is 0.105. The average molecular weight is 321 g/mol. The van der Waals surface area contributed by atoms with Gasteiger partial charge in [-0.15, -0.1) is 0 Å². The summed E-state index contributed by atoms with van der Waals surface area (Å²) in [6.45, 7) is 1.65. The van der Waals surface area contributed by atoms with Gasteiger partial charge >= 0.3 is 0 Å². The summed E-state index contributed by atoms with van der Waals surface area (Å²) in [6, 6.07) is 15.1. The van der Waals surface area contributed by atoms with E-state index >= 15 is 0 Å². The Morgan fingerprint density at radius 3 is 2.79 bits per heavy atom. The highest BCUT2D eigenvalue weighted by atomic mass is 19.1. The van der Waals surface area contributed by atoms with Gasteiger partial charge in [-0.05, 0) is 29.8 Å². The maximum atomic E-state index is 13.6. The molecule has 0 saturated heterocycles. The number of nitrogens with zero attached hydrogens (tertiary/aromatic N) is 2. The van der Waals surface area contributed by atoms with Crippen LogP contribution in [0.15, 0.2) is 77.1 Å². The molecule has 4 nitrogen and oxygen atoms in total. The van der Waals surface area contributed by atoms with E-state index in [4.69, 9.17) is 4.52 Å². The monoisotopic (exact) mass is 321 g/mol. The highest BCUT2D eigenvalue weighted by Gasteiger charge is 2.13. The molecule has 0 radical (unpaired) electrons. The second kappa shape index (κ2) is 6.20. The Morgan fingerprint density at radius 1 is 1.12 bits per heavy atom. The number of anilines is 1. The number of aromatic nitrogens is 1. The Kier molecular flexibility index (Phi) is 3.75. The first kappa shape index (κ1) is 14.5. The Balaban J connectivity index is 1.45. The van der Waals surface area contributed by atoms with Gasteiger partial charge in [-0.25, -0.2) is 4.39 Å². The smallest absolute Gasteiger partial charge is 0.204 e. The molecule has 1 aromatic heterocycles. The molecule has 2 heterocycles. The number of rotatable bonds is 4. The SMILES string of the molecule is Fc1cccc2c(NC3=CCN(Cc4ccccc4)C=C3)noc12. The molecular formula is C19H16FN3O. The van der Waals surface area contributed by atoms with Gasteiger partial charge in [-0.2, -0.15) is 0 Å². The first-order valence-corrected chi connectivity index (χ1v) is 7.77. The normalized spacial score (nSPS) is 14.0. The molecule has 0 fully saturated rings. The molecule has 5 heteroatoms. The zero-order chi connectivity index (χ0) is 16.4. The van der Waals surface area contributed by atoms with Gasteiger partial charge in [0.2, 0.25) is 5.58 Å². The largest absolute Gasteiger partial charge is 0.369 e. The van der Waals surface area contributed by atoms with Crippen LogP contribution in [-0.2, 0) is 6.54 Å². The fourth-order valence-corrected chi connectivity index (χ4v) is 2.71. The predicted molar refractivity (Wildman–Crippen MR) is 91.7 cm³/mol. The predicted octanol–water partition coefficient (Wildman–Crippen LogP) is 4.29. The summed E-state index contributed by atoms with van der Waals surface area (Å²) < 4.78 is 18.7. The van der Waals surface area contributed by atoms with Crippen LogP contribution in [0.3, 0.4) is 0 Å². The van der Waals surface area contributed by atoms with E-state index in [1.165, 1.54) is 11.6 Å². The first-order valence-electron chi connectivity index (χ1n) is 7.77. The van der Waals surface area contributed by atoms with Crippen molar-refractivity contribution in [3.05, 3.63) is 84.0 Å². The molecule has 0 bridgehead atoms. The number of hydrogen-bond donors (Lipinski definition) is 1. The van der Waals surface area contributed by atoms with Crippen LogP contribution in [0.5, 0.6) is 0 Å². The minimum atomic E-state index is -0.407. The zero-order valence-corrected chi connectivity index (χ0v) is 12.9. The molecule has 24 heavy (non-hydrogen) atoms. The molecule has 120 valence electrons. The molecular weight excluding hydrogens is 305 g/mol. The van der Waals surface area contributed by atoms with Crippen LogP contribution in [0.2, 0.25) is 0 Å². The quantitative estimate of drug-likeness (QED) is 0.778. The minimum absolute atomic E-state index is 0.172. The number of fused-ring (bicyclic) bond motifs is 1. The molecule has 0 amide bonds. The van der Waals surface area contributed by atoms with Gasteiger partial charge in [0.15, 0.2) is 11.6 Å². The van der Waals surface area contributed by atoms with Crippen molar-refractivity contribution in [3.8, 4) is 0 Å². The summed E-state index contributed by atoms with van der Waals surface area (Å²) >= 11 is 0. The van der Waals surface area contributed by atoms with Gasteiger partial charge in [-0.1, -0.05) is 41.6 Å². The molecule has 4 rings (SSSR count). The molecule has 3 aromatic rings. The number of halogens is 1. The summed E-state index contributed by atoms with van der Waals surface area (Å²) in [6.07, 6.45) is 6.09. The Labute approximate surface area is 138 Å². The van der Waals surface area contributed by atoms with E-state index in [1.54, 1.807) is 12.1 Å². The van der Waals surface area contributed by atoms with Crippen LogP contribution < -0.4 is 5.32 Å². The van der Waals surface area contributed by atoms with E-state index in [2.05, 4.69) is 33.6 Å². The van der Waals surface area contributed by atoms with Gasteiger partial charge in [0.05, 0.1) is 5.39 Å². The van der Waals surface area contributed by atoms with E-state index in [0.29, 0.717) is 11.2 Å². The maximum absolute atomic E-state index is 13.6. The number of para-hydroxylation sites is 1. The molecule has 0 aliphatic carbocycles. The lowest BCUT2D eigenvalue weighted by Crippen LogP contribution is -2.20. The van der Waals surface area contributed by atoms with Crippen molar-refractivity contribution < 1.29 is 8.91 Å². The molecule has 1 N–H and O–H groups in total. The minimum Gasteiger partial charge on any atom is -0.369 e. The van der Waals surface area contributed by atoms with E-state index < -0.39 is 5.82 Å². The average Bonchev–Trinajstić information content (AvgIpc) is 3.02. The van der Waals surface area contributed by atoms with E-state index in [-0.39, 0.29) is 5.58 Å². The molecule has 1 aliphatic heterocycles. The lowest BCUT2D eigenvalue weighted by atomic mass is 10.2. The van der Waals surface area contributed by atoms with Gasteiger partial charge in [0.1, 0.15) is 0 Å². The van der Waals surface area contributed by atoms with Crippen molar-refractivity contribution in [1.29, 1.82) is 0 Å². The first-order chi connectivity index (χ1) is 11.8. The molecule has 2 aromatic carbocycles. The second-order valence-electron chi connectivity index (χ2n) is 5.66. The third-order valence-electron chi connectivity index (χ3n) is 3.95. The van der Waals surface area contributed by atoms with Crippen LogP contribution in [-0.4, -0.2) is 16.6 Å². The Hall–Kier alpha value is -3.08. The summed E-state index contributed by atoms with van der Waals surface area (Å²) in [5.41, 5.74) is 2.36. The van der Waals surface area contributed by atoms with Crippen molar-refractivity contribution in [2.24, 2.45) is 0 Å². The van der Waals surface area contributed by atoms with Crippen molar-refractivity contribution >= 4 is 16.8 Å². The van der Waals surface area contributed by atoms with E-state index in [1.807, 2.05) is 30.5 Å². The molecule has 1 aliphatic rings. The molecule has 0 unspecified atom stereocenters. The van der Waals surface area contributed by atoms with Crippen molar-refractivity contribution in [2.45, 2.75) is 6.54 Å². The topological polar surface area (TPSA) is 41.3 Å². The molecule has 0 saturated carbocycles. The van der Waals surface area contributed by atoms with Crippen LogP contribution in [0.25, 0.3) is 11.0 Å². The summed E-state index contributed by atoms with van der Waals surface area (Å²) in [5.74, 6) is 0.118. The third kappa shape index (κ3) is 2.88. The second-order valence-corrected chi connectivity index (χ2v) is 5.66. The Bertz CT molecular complexity index is 915.